The van der Waals surface area contributed by atoms with E-state index in [1.807, 2.05) is 0 Å². The van der Waals surface area contributed by atoms with E-state index >= 15 is 0 Å². The molecule has 1 fully saturated rings. The van der Waals surface area contributed by atoms with E-state index in [9.17, 15) is 8.78 Å². The van der Waals surface area contributed by atoms with E-state index in [2.05, 4.69) is 0 Å². The van der Waals surface area contributed by atoms with Gasteiger partial charge < -0.3 is 4.84 Å². The third-order valence-corrected chi connectivity index (χ3v) is 2.45. The molecule has 2 rings (SSSR count). The van der Waals surface area contributed by atoms with Gasteiger partial charge in [0.25, 0.3) is 0 Å². The lowest BCUT2D eigenvalue weighted by molar-refractivity contribution is -0.0777. The molecule has 4 heteroatoms. The first-order chi connectivity index (χ1) is 7.27. The van der Waals surface area contributed by atoms with E-state index in [1.165, 1.54) is 18.2 Å². The highest BCUT2D eigenvalue weighted by molar-refractivity contribution is 5.25. The van der Waals surface area contributed by atoms with Crippen molar-refractivity contribution in [3.63, 3.8) is 0 Å². The van der Waals surface area contributed by atoms with Crippen molar-refractivity contribution < 1.29 is 13.6 Å². The number of para-hydroxylation sites is 1. The molecular weight excluding hydrogens is 200 g/mol. The number of piperidine rings is 1. The number of hydrogen-bond donors (Lipinski definition) is 0. The topological polar surface area (TPSA) is 12.5 Å². The summed E-state index contributed by atoms with van der Waals surface area (Å²) < 4.78 is 26.4. The van der Waals surface area contributed by atoms with Gasteiger partial charge in [0.1, 0.15) is 0 Å². The lowest BCUT2D eigenvalue weighted by atomic mass is 10.2. The molecule has 0 aromatic heterocycles. The summed E-state index contributed by atoms with van der Waals surface area (Å²) >= 11 is 0. The summed E-state index contributed by atoms with van der Waals surface area (Å²) in [7, 11) is 0. The number of hydroxylamine groups is 2. The van der Waals surface area contributed by atoms with E-state index in [0.29, 0.717) is 0 Å². The van der Waals surface area contributed by atoms with Gasteiger partial charge in [-0.2, -0.15) is 0 Å². The highest BCUT2D eigenvalue weighted by Crippen LogP contribution is 2.23. The molecule has 0 radical (unpaired) electrons. The fraction of sp³-hybridized carbons (Fsp3) is 0.455. The van der Waals surface area contributed by atoms with E-state index in [1.54, 1.807) is 5.06 Å². The maximum Gasteiger partial charge on any atom is 0.218 e. The van der Waals surface area contributed by atoms with Crippen LogP contribution in [0.3, 0.4) is 0 Å². The van der Waals surface area contributed by atoms with Gasteiger partial charge in [-0.3, -0.25) is 0 Å². The summed E-state index contributed by atoms with van der Waals surface area (Å²) in [5.74, 6) is -1.60. The van der Waals surface area contributed by atoms with Gasteiger partial charge >= 0.3 is 0 Å². The van der Waals surface area contributed by atoms with Crippen LogP contribution < -0.4 is 4.84 Å². The fourth-order valence-corrected chi connectivity index (χ4v) is 1.66. The molecule has 1 aliphatic rings. The molecule has 0 atom stereocenters. The second kappa shape index (κ2) is 4.57. The molecular formula is C11H13F2NO. The number of nitrogens with zero attached hydrogens (tertiary/aromatic N) is 1. The van der Waals surface area contributed by atoms with Gasteiger partial charge in [-0.25, -0.2) is 8.78 Å². The molecule has 1 saturated heterocycles. The van der Waals surface area contributed by atoms with E-state index in [4.69, 9.17) is 4.84 Å². The Labute approximate surface area is 87.4 Å². The lowest BCUT2D eigenvalue weighted by Gasteiger charge is -2.26. The fourth-order valence-electron chi connectivity index (χ4n) is 1.66. The first kappa shape index (κ1) is 10.4. The Kier molecular flexibility index (Phi) is 3.16. The number of benzene rings is 1. The molecule has 1 aromatic rings. The van der Waals surface area contributed by atoms with Crippen LogP contribution in [0.15, 0.2) is 18.2 Å². The summed E-state index contributed by atoms with van der Waals surface area (Å²) in [5, 5.41) is 1.62. The maximum absolute atomic E-state index is 13.2. The SMILES string of the molecule is Fc1cccc(F)c1ON1CCCCC1. The van der Waals surface area contributed by atoms with Crippen LogP contribution in [-0.2, 0) is 0 Å². The summed E-state index contributed by atoms with van der Waals surface area (Å²) in [6.45, 7) is 1.46. The van der Waals surface area contributed by atoms with Crippen LogP contribution in [0, 0.1) is 11.6 Å². The van der Waals surface area contributed by atoms with Crippen molar-refractivity contribution in [3.05, 3.63) is 29.8 Å². The summed E-state index contributed by atoms with van der Waals surface area (Å²) in [6, 6.07) is 3.72. The predicted octanol–water partition coefficient (Wildman–Crippen LogP) is 2.74. The molecule has 82 valence electrons. The second-order valence-electron chi connectivity index (χ2n) is 3.63. The van der Waals surface area contributed by atoms with Crippen molar-refractivity contribution in [1.82, 2.24) is 5.06 Å². The minimum atomic E-state index is -0.652. The number of rotatable bonds is 2. The van der Waals surface area contributed by atoms with Crippen LogP contribution >= 0.6 is 0 Å². The standard InChI is InChI=1S/C11H13F2NO/c12-9-5-4-6-10(13)11(9)15-14-7-2-1-3-8-14/h4-6H,1-3,7-8H2. The zero-order valence-electron chi connectivity index (χ0n) is 8.38. The van der Waals surface area contributed by atoms with Gasteiger partial charge in [-0.1, -0.05) is 12.5 Å². The Morgan fingerprint density at radius 2 is 1.60 bits per heavy atom. The molecule has 0 aliphatic carbocycles. The third kappa shape index (κ3) is 2.45. The minimum absolute atomic E-state index is 0.292. The molecule has 1 heterocycles. The van der Waals surface area contributed by atoms with Gasteiger partial charge in [0.05, 0.1) is 0 Å². The number of hydrogen-bond acceptors (Lipinski definition) is 2. The van der Waals surface area contributed by atoms with E-state index in [-0.39, 0.29) is 5.75 Å². The summed E-state index contributed by atoms with van der Waals surface area (Å²) in [6.07, 6.45) is 3.17. The average Bonchev–Trinajstić information content (AvgIpc) is 2.25. The van der Waals surface area contributed by atoms with Crippen molar-refractivity contribution in [3.8, 4) is 5.75 Å². The van der Waals surface area contributed by atoms with E-state index < -0.39 is 11.6 Å². The zero-order chi connectivity index (χ0) is 10.7. The molecule has 15 heavy (non-hydrogen) atoms. The molecule has 1 aromatic carbocycles. The van der Waals surface area contributed by atoms with Gasteiger partial charge in [-0.05, 0) is 25.0 Å². The van der Waals surface area contributed by atoms with Crippen molar-refractivity contribution in [1.29, 1.82) is 0 Å². The van der Waals surface area contributed by atoms with Gasteiger partial charge in [0.2, 0.25) is 5.75 Å². The van der Waals surface area contributed by atoms with Crippen LogP contribution in [0.1, 0.15) is 19.3 Å². The zero-order valence-corrected chi connectivity index (χ0v) is 8.38. The largest absolute Gasteiger partial charge is 0.400 e. The van der Waals surface area contributed by atoms with Crippen LogP contribution in [-0.4, -0.2) is 18.2 Å². The van der Waals surface area contributed by atoms with Crippen molar-refractivity contribution >= 4 is 0 Å². The molecule has 0 bridgehead atoms. The highest BCUT2D eigenvalue weighted by Gasteiger charge is 2.16. The van der Waals surface area contributed by atoms with Gasteiger partial charge in [0.15, 0.2) is 11.6 Å². The predicted molar refractivity (Wildman–Crippen MR) is 52.4 cm³/mol. The Bertz CT molecular complexity index is 317. The quantitative estimate of drug-likeness (QED) is 0.749. The monoisotopic (exact) mass is 213 g/mol. The molecule has 0 N–H and O–H groups in total. The lowest BCUT2D eigenvalue weighted by Crippen LogP contribution is -2.33. The highest BCUT2D eigenvalue weighted by atomic mass is 19.1. The third-order valence-electron chi connectivity index (χ3n) is 2.45. The molecule has 0 unspecified atom stereocenters. The Balaban J connectivity index is 2.09. The molecule has 0 saturated carbocycles. The normalized spacial score (nSPS) is 17.7. The smallest absolute Gasteiger partial charge is 0.218 e. The van der Waals surface area contributed by atoms with Gasteiger partial charge in [0, 0.05) is 13.1 Å². The van der Waals surface area contributed by atoms with Gasteiger partial charge in [-0.15, -0.1) is 5.06 Å². The molecule has 1 aliphatic heterocycles. The second-order valence-corrected chi connectivity index (χ2v) is 3.63. The molecule has 0 spiro atoms. The first-order valence-corrected chi connectivity index (χ1v) is 5.14. The van der Waals surface area contributed by atoms with Crippen LogP contribution in [0.4, 0.5) is 8.78 Å². The van der Waals surface area contributed by atoms with E-state index in [0.717, 1.165) is 32.4 Å². The minimum Gasteiger partial charge on any atom is -0.400 e. The van der Waals surface area contributed by atoms with Crippen LogP contribution in [0.5, 0.6) is 5.75 Å². The Morgan fingerprint density at radius 1 is 1.00 bits per heavy atom. The summed E-state index contributed by atoms with van der Waals surface area (Å²) in [4.78, 5) is 5.20. The van der Waals surface area contributed by atoms with Crippen molar-refractivity contribution in [2.75, 3.05) is 13.1 Å². The average molecular weight is 213 g/mol. The Morgan fingerprint density at radius 3 is 2.20 bits per heavy atom. The molecule has 0 amide bonds. The van der Waals surface area contributed by atoms with Crippen LogP contribution in [0.2, 0.25) is 0 Å². The van der Waals surface area contributed by atoms with Crippen molar-refractivity contribution in [2.45, 2.75) is 19.3 Å². The first-order valence-electron chi connectivity index (χ1n) is 5.14. The summed E-state index contributed by atoms with van der Waals surface area (Å²) in [5.41, 5.74) is 0. The van der Waals surface area contributed by atoms with Crippen LogP contribution in [0.25, 0.3) is 0 Å². The maximum atomic E-state index is 13.2. The van der Waals surface area contributed by atoms with Crippen molar-refractivity contribution in [2.24, 2.45) is 0 Å². The number of halogens is 2. The molecule has 2 nitrogen and oxygen atoms in total. The Hall–Kier alpha value is -1.16.